The number of carbonyl (C=O) groups is 1. The largest absolute Gasteiger partial charge is 0.493 e. The number of fused-ring (bicyclic) bond motifs is 1. The van der Waals surface area contributed by atoms with Crippen molar-refractivity contribution in [1.82, 2.24) is 15.3 Å². The van der Waals surface area contributed by atoms with Crippen LogP contribution in [0.2, 0.25) is 0 Å². The van der Waals surface area contributed by atoms with E-state index in [1.54, 1.807) is 0 Å². The number of nitrogens with one attached hydrogen (secondary N) is 2. The number of H-pyrrole nitrogens is 1. The van der Waals surface area contributed by atoms with Crippen molar-refractivity contribution in [3.8, 4) is 22.8 Å². The molecule has 0 spiro atoms. The number of aromatic amines is 1. The molecule has 0 radical (unpaired) electrons. The fourth-order valence-electron chi connectivity index (χ4n) is 4.19. The number of carbonyl (C=O) groups excluding carboxylic acids is 1. The third kappa shape index (κ3) is 6.34. The second-order valence-electron chi connectivity index (χ2n) is 9.56. The number of ether oxygens (including phenoxy) is 2. The second kappa shape index (κ2) is 12.5. The van der Waals surface area contributed by atoms with Gasteiger partial charge >= 0.3 is 0 Å². The Morgan fingerprint density at radius 2 is 1.78 bits per heavy atom. The quantitative estimate of drug-likeness (QED) is 0.188. The number of benzene rings is 2. The van der Waals surface area contributed by atoms with Crippen molar-refractivity contribution in [2.45, 2.75) is 65.8 Å². The van der Waals surface area contributed by atoms with E-state index in [2.05, 4.69) is 49.0 Å². The minimum Gasteiger partial charge on any atom is -0.493 e. The molecule has 0 saturated carbocycles. The van der Waals surface area contributed by atoms with Gasteiger partial charge < -0.3 is 24.2 Å². The predicted molar refractivity (Wildman–Crippen MR) is 146 cm³/mol. The van der Waals surface area contributed by atoms with Crippen LogP contribution in [0, 0.1) is 0 Å². The summed E-state index contributed by atoms with van der Waals surface area (Å²) in [7, 11) is 0. The summed E-state index contributed by atoms with van der Waals surface area (Å²) in [6.07, 6.45) is 7.20. The van der Waals surface area contributed by atoms with Crippen LogP contribution in [0.3, 0.4) is 0 Å². The summed E-state index contributed by atoms with van der Waals surface area (Å²) < 4.78 is 17.9. The lowest BCUT2D eigenvalue weighted by atomic mass is 9.97. The van der Waals surface area contributed by atoms with Gasteiger partial charge in [-0.05, 0) is 59.5 Å². The molecule has 0 aliphatic rings. The van der Waals surface area contributed by atoms with Crippen molar-refractivity contribution in [1.29, 1.82) is 0 Å². The Bertz CT molecular complexity index is 1320. The van der Waals surface area contributed by atoms with E-state index in [1.165, 1.54) is 6.39 Å². The van der Waals surface area contributed by atoms with Crippen LogP contribution in [0.1, 0.15) is 81.0 Å². The molecule has 196 valence electrons. The van der Waals surface area contributed by atoms with Crippen LogP contribution in [0.15, 0.2) is 53.4 Å². The van der Waals surface area contributed by atoms with Crippen LogP contribution in [0.4, 0.5) is 0 Å². The van der Waals surface area contributed by atoms with Crippen LogP contribution in [0.25, 0.3) is 22.2 Å². The van der Waals surface area contributed by atoms with E-state index in [0.29, 0.717) is 31.2 Å². The number of nitrogens with zero attached hydrogens (tertiary/aromatic N) is 1. The lowest BCUT2D eigenvalue weighted by molar-refractivity contribution is 0.0924. The highest BCUT2D eigenvalue weighted by Gasteiger charge is 2.24. The van der Waals surface area contributed by atoms with E-state index in [0.717, 1.165) is 59.0 Å². The average Bonchev–Trinajstić information content (AvgIpc) is 3.57. The summed E-state index contributed by atoms with van der Waals surface area (Å²) in [6, 6.07) is 12.0. The fraction of sp³-hybridized carbons (Fsp3) is 0.400. The number of hydrogen-bond donors (Lipinski definition) is 2. The van der Waals surface area contributed by atoms with E-state index in [-0.39, 0.29) is 17.6 Å². The molecule has 0 aliphatic carbocycles. The zero-order valence-corrected chi connectivity index (χ0v) is 22.2. The first-order valence-electron chi connectivity index (χ1n) is 13.2. The highest BCUT2D eigenvalue weighted by molar-refractivity contribution is 5.98. The van der Waals surface area contributed by atoms with Crippen LogP contribution < -0.4 is 14.8 Å². The van der Waals surface area contributed by atoms with E-state index in [9.17, 15) is 4.79 Å². The number of rotatable bonds is 13. The summed E-state index contributed by atoms with van der Waals surface area (Å²) in [5, 5.41) is 4.08. The molecule has 0 saturated heterocycles. The first-order chi connectivity index (χ1) is 18.0. The Labute approximate surface area is 218 Å². The molecule has 7 heteroatoms. The van der Waals surface area contributed by atoms with Crippen molar-refractivity contribution in [2.75, 3.05) is 13.2 Å². The predicted octanol–water partition coefficient (Wildman–Crippen LogP) is 7.23. The van der Waals surface area contributed by atoms with E-state index >= 15 is 0 Å². The maximum absolute atomic E-state index is 13.2. The van der Waals surface area contributed by atoms with Gasteiger partial charge in [-0.1, -0.05) is 46.6 Å². The molecule has 2 aromatic carbocycles. The van der Waals surface area contributed by atoms with Crippen molar-refractivity contribution >= 4 is 16.8 Å². The van der Waals surface area contributed by atoms with Crippen LogP contribution in [-0.2, 0) is 6.54 Å². The Kier molecular flexibility index (Phi) is 8.88. The van der Waals surface area contributed by atoms with Gasteiger partial charge in [-0.2, -0.15) is 0 Å². The highest BCUT2D eigenvalue weighted by atomic mass is 16.5. The second-order valence-corrected chi connectivity index (χ2v) is 9.56. The molecule has 2 N–H and O–H groups in total. The van der Waals surface area contributed by atoms with Gasteiger partial charge in [0.15, 0.2) is 6.39 Å². The van der Waals surface area contributed by atoms with Gasteiger partial charge in [-0.3, -0.25) is 4.79 Å². The highest BCUT2D eigenvalue weighted by Crippen LogP contribution is 2.40. The van der Waals surface area contributed by atoms with Gasteiger partial charge in [0.1, 0.15) is 17.2 Å². The minimum absolute atomic E-state index is 0.164. The molecular weight excluding hydrogens is 466 g/mol. The summed E-state index contributed by atoms with van der Waals surface area (Å²) in [6.45, 7) is 10.1. The molecular formula is C30H37N3O4. The zero-order chi connectivity index (χ0) is 26.2. The normalized spacial score (nSPS) is 11.3. The zero-order valence-electron chi connectivity index (χ0n) is 22.2. The average molecular weight is 504 g/mol. The standard InChI is InChI=1S/C30H37N3O4/c1-5-7-13-35-26-17-27(36-14-8-6-2)24(16-23(26)20(3)4)28-29(37-19-33-28)30(34)32-18-21-9-10-25-22(15-21)11-12-31-25/h9-12,15-17,19-20,31H,5-8,13-14,18H2,1-4H3,(H,32,34). The lowest BCUT2D eigenvalue weighted by Gasteiger charge is -2.19. The molecule has 2 aromatic heterocycles. The summed E-state index contributed by atoms with van der Waals surface area (Å²) in [4.78, 5) is 20.8. The van der Waals surface area contributed by atoms with Gasteiger partial charge in [-0.25, -0.2) is 4.98 Å². The number of aromatic nitrogens is 2. The number of unbranched alkanes of at least 4 members (excludes halogenated alkanes) is 2. The molecule has 4 rings (SSSR count). The maximum atomic E-state index is 13.2. The molecule has 0 bridgehead atoms. The minimum atomic E-state index is -0.324. The van der Waals surface area contributed by atoms with Crippen LogP contribution in [-0.4, -0.2) is 29.1 Å². The van der Waals surface area contributed by atoms with Crippen molar-refractivity contribution in [3.63, 3.8) is 0 Å². The summed E-state index contributed by atoms with van der Waals surface area (Å²) in [5.41, 5.74) is 4.30. The maximum Gasteiger partial charge on any atom is 0.289 e. The Morgan fingerprint density at radius 1 is 1.03 bits per heavy atom. The topological polar surface area (TPSA) is 89.4 Å². The van der Waals surface area contributed by atoms with Crippen LogP contribution >= 0.6 is 0 Å². The number of oxazole rings is 1. The summed E-state index contributed by atoms with van der Waals surface area (Å²) in [5.74, 6) is 1.51. The molecule has 0 atom stereocenters. The van der Waals surface area contributed by atoms with Gasteiger partial charge in [0.25, 0.3) is 5.91 Å². The first-order valence-corrected chi connectivity index (χ1v) is 13.2. The van der Waals surface area contributed by atoms with Gasteiger partial charge in [0, 0.05) is 29.9 Å². The van der Waals surface area contributed by atoms with Crippen molar-refractivity contribution < 1.29 is 18.7 Å². The fourth-order valence-corrected chi connectivity index (χ4v) is 4.19. The summed E-state index contributed by atoms with van der Waals surface area (Å²) >= 11 is 0. The third-order valence-electron chi connectivity index (χ3n) is 6.34. The van der Waals surface area contributed by atoms with Crippen LogP contribution in [0.5, 0.6) is 11.5 Å². The molecule has 0 aliphatic heterocycles. The molecule has 4 aromatic rings. The molecule has 1 amide bonds. The monoisotopic (exact) mass is 503 g/mol. The van der Waals surface area contributed by atoms with Gasteiger partial charge in [0.2, 0.25) is 5.76 Å². The van der Waals surface area contributed by atoms with Gasteiger partial charge in [-0.15, -0.1) is 0 Å². The Hall–Kier alpha value is -3.74. The number of amides is 1. The molecule has 37 heavy (non-hydrogen) atoms. The third-order valence-corrected chi connectivity index (χ3v) is 6.34. The lowest BCUT2D eigenvalue weighted by Crippen LogP contribution is -2.23. The SMILES string of the molecule is CCCCOc1cc(OCCCC)c(C(C)C)cc1-c1ncoc1C(=O)NCc1ccc2[nH]ccc2c1. The Balaban J connectivity index is 1.62. The van der Waals surface area contributed by atoms with Gasteiger partial charge in [0.05, 0.1) is 13.2 Å². The van der Waals surface area contributed by atoms with E-state index in [1.807, 2.05) is 36.5 Å². The van der Waals surface area contributed by atoms with Crippen molar-refractivity contribution in [3.05, 3.63) is 65.9 Å². The molecule has 0 unspecified atom stereocenters. The smallest absolute Gasteiger partial charge is 0.289 e. The Morgan fingerprint density at radius 3 is 2.51 bits per heavy atom. The molecule has 0 fully saturated rings. The van der Waals surface area contributed by atoms with E-state index < -0.39 is 0 Å². The number of hydrogen-bond acceptors (Lipinski definition) is 5. The molecule has 7 nitrogen and oxygen atoms in total. The first kappa shape index (κ1) is 26.3. The van der Waals surface area contributed by atoms with E-state index in [4.69, 9.17) is 13.9 Å². The van der Waals surface area contributed by atoms with Crippen molar-refractivity contribution in [2.24, 2.45) is 0 Å². The molecule has 2 heterocycles.